The van der Waals surface area contributed by atoms with Gasteiger partial charge in [0, 0.05) is 26.7 Å². The third-order valence-corrected chi connectivity index (χ3v) is 12.3. The summed E-state index contributed by atoms with van der Waals surface area (Å²) in [5.41, 5.74) is -0.650. The molecule has 0 spiro atoms. The lowest BCUT2D eigenvalue weighted by atomic mass is 9.76. The maximum Gasteiger partial charge on any atom is 0.217 e. The van der Waals surface area contributed by atoms with Crippen molar-refractivity contribution in [1.82, 2.24) is 4.31 Å². The Morgan fingerprint density at radius 2 is 1.83 bits per heavy atom. The highest BCUT2D eigenvalue weighted by Gasteiger charge is 2.52. The number of hydrogen-bond acceptors (Lipinski definition) is 5. The Kier molecular flexibility index (Phi) is 10.1. The highest BCUT2D eigenvalue weighted by atomic mass is 32.2. The SMILES string of the molecule is COC1CCC[C@@H](C(C)CCC2OCCN(S(=O)(=O)C(C)C3CCC(F)C3C(C)OC)C2(C)C)C1. The summed E-state index contributed by atoms with van der Waals surface area (Å²) in [5.74, 6) is 0.560. The average molecular weight is 520 g/mol. The zero-order valence-electron chi connectivity index (χ0n) is 23.0. The first kappa shape index (κ1) is 29.3. The summed E-state index contributed by atoms with van der Waals surface area (Å²) < 4.78 is 61.6. The minimum absolute atomic E-state index is 0.159. The minimum atomic E-state index is -3.64. The highest BCUT2D eigenvalue weighted by molar-refractivity contribution is 7.89. The lowest BCUT2D eigenvalue weighted by Crippen LogP contribution is -2.62. The van der Waals surface area contributed by atoms with Crippen LogP contribution in [0.25, 0.3) is 0 Å². The summed E-state index contributed by atoms with van der Waals surface area (Å²) in [4.78, 5) is 0. The zero-order valence-corrected chi connectivity index (χ0v) is 23.9. The van der Waals surface area contributed by atoms with E-state index in [-0.39, 0.29) is 18.1 Å². The molecule has 0 aromatic rings. The molecule has 8 heteroatoms. The van der Waals surface area contributed by atoms with E-state index in [9.17, 15) is 12.8 Å². The van der Waals surface area contributed by atoms with Crippen molar-refractivity contribution in [3.63, 3.8) is 0 Å². The number of sulfonamides is 1. The molecule has 206 valence electrons. The van der Waals surface area contributed by atoms with Gasteiger partial charge in [0.15, 0.2) is 0 Å². The molecule has 6 nitrogen and oxygen atoms in total. The molecule has 0 amide bonds. The molecule has 9 atom stereocenters. The molecule has 1 saturated heterocycles. The molecule has 0 aromatic carbocycles. The number of hydrogen-bond donors (Lipinski definition) is 0. The summed E-state index contributed by atoms with van der Waals surface area (Å²) in [7, 11) is -0.255. The van der Waals surface area contributed by atoms with Crippen molar-refractivity contribution in [2.24, 2.45) is 23.7 Å². The van der Waals surface area contributed by atoms with Crippen molar-refractivity contribution >= 4 is 10.0 Å². The van der Waals surface area contributed by atoms with Crippen molar-refractivity contribution in [3.8, 4) is 0 Å². The second kappa shape index (κ2) is 12.1. The smallest absolute Gasteiger partial charge is 0.217 e. The van der Waals surface area contributed by atoms with Crippen LogP contribution < -0.4 is 0 Å². The number of halogens is 1. The Bertz CT molecular complexity index is 778. The fourth-order valence-electron chi connectivity index (χ4n) is 7.16. The molecule has 0 N–H and O–H groups in total. The van der Waals surface area contributed by atoms with Gasteiger partial charge in [-0.15, -0.1) is 0 Å². The molecule has 3 aliphatic rings. The minimum Gasteiger partial charge on any atom is -0.381 e. The van der Waals surface area contributed by atoms with Gasteiger partial charge in [-0.05, 0) is 84.0 Å². The third kappa shape index (κ3) is 6.24. The van der Waals surface area contributed by atoms with Crippen LogP contribution in [0, 0.1) is 23.7 Å². The van der Waals surface area contributed by atoms with Crippen LogP contribution in [0.3, 0.4) is 0 Å². The van der Waals surface area contributed by atoms with E-state index in [0.29, 0.717) is 43.9 Å². The molecule has 35 heavy (non-hydrogen) atoms. The van der Waals surface area contributed by atoms with Gasteiger partial charge in [-0.1, -0.05) is 19.8 Å². The number of nitrogens with zero attached hydrogens (tertiary/aromatic N) is 1. The summed E-state index contributed by atoms with van der Waals surface area (Å²) in [6, 6.07) is 0. The van der Waals surface area contributed by atoms with Crippen LogP contribution in [0.2, 0.25) is 0 Å². The van der Waals surface area contributed by atoms with E-state index in [1.165, 1.54) is 12.8 Å². The molecule has 0 bridgehead atoms. The van der Waals surface area contributed by atoms with Crippen LogP contribution in [0.1, 0.15) is 86.0 Å². The normalized spacial score (nSPS) is 37.1. The summed E-state index contributed by atoms with van der Waals surface area (Å²) >= 11 is 0. The van der Waals surface area contributed by atoms with Crippen LogP contribution in [0.4, 0.5) is 4.39 Å². The summed E-state index contributed by atoms with van der Waals surface area (Å²) in [6.07, 6.45) is 6.44. The molecular weight excluding hydrogens is 469 g/mol. The second-order valence-corrected chi connectivity index (χ2v) is 14.2. The lowest BCUT2D eigenvalue weighted by molar-refractivity contribution is -0.0856. The van der Waals surface area contributed by atoms with Crippen LogP contribution >= 0.6 is 0 Å². The predicted molar refractivity (Wildman–Crippen MR) is 138 cm³/mol. The van der Waals surface area contributed by atoms with E-state index >= 15 is 0 Å². The number of alkyl halides is 1. The predicted octanol–water partition coefficient (Wildman–Crippen LogP) is 5.20. The van der Waals surface area contributed by atoms with Crippen LogP contribution in [-0.4, -0.2) is 75.4 Å². The van der Waals surface area contributed by atoms with Crippen molar-refractivity contribution < 1.29 is 27.0 Å². The number of methoxy groups -OCH3 is 2. The molecule has 0 aromatic heterocycles. The Morgan fingerprint density at radius 3 is 2.49 bits per heavy atom. The van der Waals surface area contributed by atoms with Gasteiger partial charge in [-0.3, -0.25) is 0 Å². The van der Waals surface area contributed by atoms with Crippen molar-refractivity contribution in [1.29, 1.82) is 0 Å². The molecule has 1 aliphatic heterocycles. The van der Waals surface area contributed by atoms with Gasteiger partial charge in [0.05, 0.1) is 35.7 Å². The topological polar surface area (TPSA) is 65.1 Å². The molecule has 2 saturated carbocycles. The first-order valence-electron chi connectivity index (χ1n) is 13.8. The molecule has 1 heterocycles. The second-order valence-electron chi connectivity index (χ2n) is 11.9. The Hall–Kier alpha value is -0.280. The zero-order chi connectivity index (χ0) is 26.0. The Morgan fingerprint density at radius 1 is 1.11 bits per heavy atom. The van der Waals surface area contributed by atoms with Crippen LogP contribution in [-0.2, 0) is 24.2 Å². The van der Waals surface area contributed by atoms with Gasteiger partial charge in [0.1, 0.15) is 6.17 Å². The molecule has 2 aliphatic carbocycles. The monoisotopic (exact) mass is 519 g/mol. The van der Waals surface area contributed by atoms with Crippen molar-refractivity contribution in [3.05, 3.63) is 0 Å². The molecular formula is C27H50FNO5S. The van der Waals surface area contributed by atoms with Gasteiger partial charge in [0.2, 0.25) is 10.0 Å². The maximum absolute atomic E-state index is 14.7. The van der Waals surface area contributed by atoms with Crippen LogP contribution in [0.5, 0.6) is 0 Å². The average Bonchev–Trinajstić information content (AvgIpc) is 3.22. The van der Waals surface area contributed by atoms with Crippen LogP contribution in [0.15, 0.2) is 0 Å². The number of rotatable bonds is 10. The van der Waals surface area contributed by atoms with Gasteiger partial charge >= 0.3 is 0 Å². The van der Waals surface area contributed by atoms with E-state index < -0.39 is 32.9 Å². The number of ether oxygens (including phenoxy) is 3. The van der Waals surface area contributed by atoms with Gasteiger partial charge in [-0.2, -0.15) is 4.31 Å². The highest BCUT2D eigenvalue weighted by Crippen LogP contribution is 2.44. The Balaban J connectivity index is 1.68. The fraction of sp³-hybridized carbons (Fsp3) is 1.00. The van der Waals surface area contributed by atoms with Crippen molar-refractivity contribution in [2.75, 3.05) is 27.4 Å². The van der Waals surface area contributed by atoms with E-state index in [0.717, 1.165) is 25.7 Å². The first-order valence-corrected chi connectivity index (χ1v) is 15.3. The van der Waals surface area contributed by atoms with Gasteiger partial charge in [0.25, 0.3) is 0 Å². The molecule has 0 radical (unpaired) electrons. The number of morpholine rings is 1. The van der Waals surface area contributed by atoms with E-state index in [2.05, 4.69) is 6.92 Å². The fourth-order valence-corrected chi connectivity index (χ4v) is 9.42. The quantitative estimate of drug-likeness (QED) is 0.397. The van der Waals surface area contributed by atoms with E-state index in [1.54, 1.807) is 18.3 Å². The van der Waals surface area contributed by atoms with Gasteiger partial charge in [-0.25, -0.2) is 12.8 Å². The maximum atomic E-state index is 14.7. The summed E-state index contributed by atoms with van der Waals surface area (Å²) in [5, 5.41) is -0.656. The van der Waals surface area contributed by atoms with E-state index in [4.69, 9.17) is 14.2 Å². The standard InChI is InChI=1S/C27H50FNO5S/c1-18(21-9-8-10-22(17-21)33-7)11-14-25-27(4,5)29(15-16-34-25)35(30,31)20(3)23-12-13-24(28)26(23)19(2)32-6/h18-26H,8-17H2,1-7H3/t18?,19?,20?,21-,22?,23?,24?,25?,26?/m1/s1. The Labute approximate surface area is 213 Å². The van der Waals surface area contributed by atoms with E-state index in [1.807, 2.05) is 27.9 Å². The van der Waals surface area contributed by atoms with Crippen molar-refractivity contribution in [2.45, 2.75) is 121 Å². The molecule has 3 rings (SSSR count). The lowest BCUT2D eigenvalue weighted by Gasteiger charge is -2.48. The first-order chi connectivity index (χ1) is 16.4. The largest absolute Gasteiger partial charge is 0.381 e. The molecule has 3 fully saturated rings. The summed E-state index contributed by atoms with van der Waals surface area (Å²) in [6.45, 7) is 10.7. The molecule has 8 unspecified atom stereocenters. The van der Waals surface area contributed by atoms with Gasteiger partial charge < -0.3 is 14.2 Å². The third-order valence-electron chi connectivity index (χ3n) is 9.71.